The van der Waals surface area contributed by atoms with Gasteiger partial charge in [0.05, 0.1) is 11.1 Å². The van der Waals surface area contributed by atoms with E-state index in [1.54, 1.807) is 6.92 Å². The zero-order valence-corrected chi connectivity index (χ0v) is 15.3. The van der Waals surface area contributed by atoms with Gasteiger partial charge in [-0.1, -0.05) is 6.92 Å². The molecule has 0 aromatic carbocycles. The number of ether oxygens (including phenoxy) is 1. The number of amides is 1. The lowest BCUT2D eigenvalue weighted by molar-refractivity contribution is -0.124. The first-order chi connectivity index (χ1) is 12.6. The third kappa shape index (κ3) is 3.75. The van der Waals surface area contributed by atoms with Crippen LogP contribution in [0.25, 0.3) is 0 Å². The number of hydrogen-bond donors (Lipinski definition) is 1. The molecule has 1 N–H and O–H groups in total. The fraction of sp³-hybridized carbons (Fsp3) is 0.368. The molecule has 0 aliphatic heterocycles. The maximum Gasteiger partial charge on any atom is 0.339 e. The van der Waals surface area contributed by atoms with Gasteiger partial charge in [0, 0.05) is 17.3 Å². The first-order valence-electron chi connectivity index (χ1n) is 8.60. The molecule has 134 valence electrons. The van der Waals surface area contributed by atoms with Crippen LogP contribution in [0.4, 0.5) is 5.00 Å². The summed E-state index contributed by atoms with van der Waals surface area (Å²) in [6, 6.07) is 5.29. The van der Waals surface area contributed by atoms with Crippen molar-refractivity contribution in [3.8, 4) is 6.07 Å². The number of fused-ring (bicyclic) bond motifs is 1. The van der Waals surface area contributed by atoms with E-state index in [0.717, 1.165) is 31.2 Å². The van der Waals surface area contributed by atoms with E-state index in [0.29, 0.717) is 22.5 Å². The van der Waals surface area contributed by atoms with E-state index < -0.39 is 18.0 Å². The second-order valence-electron chi connectivity index (χ2n) is 6.05. The highest BCUT2D eigenvalue weighted by Gasteiger charge is 2.26. The van der Waals surface area contributed by atoms with Gasteiger partial charge in [0.25, 0.3) is 5.91 Å². The highest BCUT2D eigenvalue weighted by atomic mass is 32.1. The van der Waals surface area contributed by atoms with Crippen molar-refractivity contribution in [3.63, 3.8) is 0 Å². The number of hydrogen-bond acceptors (Lipinski definition) is 6. The van der Waals surface area contributed by atoms with Crippen LogP contribution >= 0.6 is 11.3 Å². The summed E-state index contributed by atoms with van der Waals surface area (Å²) >= 11 is 1.45. The number of nitrogens with zero attached hydrogens (tertiary/aromatic N) is 2. The fourth-order valence-electron chi connectivity index (χ4n) is 2.97. The quantitative estimate of drug-likeness (QED) is 0.815. The predicted octanol–water partition coefficient (Wildman–Crippen LogP) is 3.47. The maximum atomic E-state index is 12.6. The molecule has 1 amide bonds. The Morgan fingerprint density at radius 3 is 2.77 bits per heavy atom. The Bertz CT molecular complexity index is 855. The Morgan fingerprint density at radius 1 is 1.35 bits per heavy atom. The minimum Gasteiger partial charge on any atom is -0.449 e. The summed E-state index contributed by atoms with van der Waals surface area (Å²) in [5.74, 6) is -0.981. The number of aryl methyl sites for hydroxylation is 1. The Morgan fingerprint density at radius 2 is 2.08 bits per heavy atom. The molecule has 0 saturated carbocycles. The molecule has 6 nitrogen and oxygen atoms in total. The van der Waals surface area contributed by atoms with Gasteiger partial charge in [0.2, 0.25) is 0 Å². The molecule has 1 aliphatic carbocycles. The van der Waals surface area contributed by atoms with Crippen molar-refractivity contribution < 1.29 is 14.3 Å². The van der Waals surface area contributed by atoms with Gasteiger partial charge in [-0.3, -0.25) is 9.78 Å². The standard InChI is InChI=1S/C19H19N3O3S/c1-2-15(25-19(24)12-7-9-21-10-8-12)17(23)22-18-14(11-20)13-5-3-4-6-16(13)26-18/h7-10,15H,2-6H2,1H3,(H,22,23). The summed E-state index contributed by atoms with van der Waals surface area (Å²) < 4.78 is 5.34. The van der Waals surface area contributed by atoms with E-state index in [1.807, 2.05) is 0 Å². The Labute approximate surface area is 155 Å². The molecular formula is C19H19N3O3S. The summed E-state index contributed by atoms with van der Waals surface area (Å²) in [6.45, 7) is 1.77. The van der Waals surface area contributed by atoms with Crippen molar-refractivity contribution in [1.29, 1.82) is 5.26 Å². The molecular weight excluding hydrogens is 350 g/mol. The van der Waals surface area contributed by atoms with E-state index >= 15 is 0 Å². The van der Waals surface area contributed by atoms with Gasteiger partial charge in [0.15, 0.2) is 6.10 Å². The normalized spacial score (nSPS) is 14.0. The lowest BCUT2D eigenvalue weighted by atomic mass is 9.96. The van der Waals surface area contributed by atoms with E-state index in [1.165, 1.54) is 40.7 Å². The van der Waals surface area contributed by atoms with Gasteiger partial charge in [0.1, 0.15) is 11.1 Å². The number of thiophene rings is 1. The third-order valence-corrected chi connectivity index (χ3v) is 5.56. The average Bonchev–Trinajstić information content (AvgIpc) is 3.03. The number of nitriles is 1. The van der Waals surface area contributed by atoms with E-state index in [4.69, 9.17) is 4.74 Å². The maximum absolute atomic E-state index is 12.6. The summed E-state index contributed by atoms with van der Waals surface area (Å²) in [5.41, 5.74) is 1.95. The summed E-state index contributed by atoms with van der Waals surface area (Å²) in [4.78, 5) is 29.8. The van der Waals surface area contributed by atoms with Crippen LogP contribution in [0.1, 0.15) is 52.5 Å². The van der Waals surface area contributed by atoms with Crippen LogP contribution in [0.2, 0.25) is 0 Å². The molecule has 26 heavy (non-hydrogen) atoms. The molecule has 0 radical (unpaired) electrons. The summed E-state index contributed by atoms with van der Waals surface area (Å²) in [7, 11) is 0. The first kappa shape index (κ1) is 18.1. The fourth-order valence-corrected chi connectivity index (χ4v) is 4.21. The van der Waals surface area contributed by atoms with Crippen LogP contribution in [-0.2, 0) is 22.4 Å². The molecule has 2 aromatic heterocycles. The van der Waals surface area contributed by atoms with E-state index in [9.17, 15) is 14.9 Å². The largest absolute Gasteiger partial charge is 0.449 e. The van der Waals surface area contributed by atoms with Crippen LogP contribution in [0, 0.1) is 11.3 Å². The van der Waals surface area contributed by atoms with Gasteiger partial charge in [-0.2, -0.15) is 5.26 Å². The Balaban J connectivity index is 1.73. The molecule has 1 unspecified atom stereocenters. The van der Waals surface area contributed by atoms with E-state index in [2.05, 4.69) is 16.4 Å². The van der Waals surface area contributed by atoms with Crippen molar-refractivity contribution >= 4 is 28.2 Å². The number of rotatable bonds is 5. The monoisotopic (exact) mass is 369 g/mol. The molecule has 0 saturated heterocycles. The molecule has 0 bridgehead atoms. The minimum absolute atomic E-state index is 0.343. The lowest BCUT2D eigenvalue weighted by Crippen LogP contribution is -2.32. The highest BCUT2D eigenvalue weighted by Crippen LogP contribution is 2.37. The topological polar surface area (TPSA) is 92.1 Å². The van der Waals surface area contributed by atoms with Crippen LogP contribution < -0.4 is 5.32 Å². The molecule has 7 heteroatoms. The Hall–Kier alpha value is -2.72. The van der Waals surface area contributed by atoms with Gasteiger partial charge in [-0.15, -0.1) is 11.3 Å². The number of aromatic nitrogens is 1. The first-order valence-corrected chi connectivity index (χ1v) is 9.42. The van der Waals surface area contributed by atoms with Crippen molar-refractivity contribution in [2.75, 3.05) is 5.32 Å². The predicted molar refractivity (Wildman–Crippen MR) is 98.0 cm³/mol. The SMILES string of the molecule is CCC(OC(=O)c1ccncc1)C(=O)Nc1sc2c(c1C#N)CCCC2. The van der Waals surface area contributed by atoms with Crippen LogP contribution in [-0.4, -0.2) is 23.0 Å². The number of nitrogens with one attached hydrogen (secondary N) is 1. The van der Waals surface area contributed by atoms with Crippen molar-refractivity contribution in [2.45, 2.75) is 45.1 Å². The zero-order valence-electron chi connectivity index (χ0n) is 14.4. The molecule has 0 fully saturated rings. The van der Waals surface area contributed by atoms with Crippen molar-refractivity contribution in [2.24, 2.45) is 0 Å². The molecule has 2 heterocycles. The second kappa shape index (κ2) is 8.11. The number of anilines is 1. The highest BCUT2D eigenvalue weighted by molar-refractivity contribution is 7.16. The molecule has 3 rings (SSSR count). The lowest BCUT2D eigenvalue weighted by Gasteiger charge is -2.15. The molecule has 0 spiro atoms. The third-order valence-electron chi connectivity index (χ3n) is 4.35. The van der Waals surface area contributed by atoms with Gasteiger partial charge in [-0.05, 0) is 49.8 Å². The second-order valence-corrected chi connectivity index (χ2v) is 7.16. The zero-order chi connectivity index (χ0) is 18.5. The van der Waals surface area contributed by atoms with Gasteiger partial charge >= 0.3 is 5.97 Å². The molecule has 2 aromatic rings. The molecule has 1 atom stereocenters. The van der Waals surface area contributed by atoms with Gasteiger partial charge in [-0.25, -0.2) is 4.79 Å². The summed E-state index contributed by atoms with van der Waals surface area (Å²) in [5, 5.41) is 12.8. The number of carbonyl (C=O) groups is 2. The average molecular weight is 369 g/mol. The number of esters is 1. The number of carbonyl (C=O) groups excluding carboxylic acids is 2. The van der Waals surface area contributed by atoms with E-state index in [-0.39, 0.29) is 0 Å². The van der Waals surface area contributed by atoms with Crippen LogP contribution in [0.3, 0.4) is 0 Å². The molecule has 1 aliphatic rings. The minimum atomic E-state index is -0.915. The Kier molecular flexibility index (Phi) is 5.64. The van der Waals surface area contributed by atoms with Gasteiger partial charge < -0.3 is 10.1 Å². The smallest absolute Gasteiger partial charge is 0.339 e. The van der Waals surface area contributed by atoms with Crippen molar-refractivity contribution in [3.05, 3.63) is 46.1 Å². The van der Waals surface area contributed by atoms with Crippen LogP contribution in [0.5, 0.6) is 0 Å². The summed E-state index contributed by atoms with van der Waals surface area (Å²) in [6.07, 6.45) is 6.40. The van der Waals surface area contributed by atoms with Crippen molar-refractivity contribution in [1.82, 2.24) is 4.98 Å². The number of pyridine rings is 1. The van der Waals surface area contributed by atoms with Crippen LogP contribution in [0.15, 0.2) is 24.5 Å².